The van der Waals surface area contributed by atoms with Crippen LogP contribution in [-0.2, 0) is 23.9 Å². The predicted octanol–water partition coefficient (Wildman–Crippen LogP) is 2.83. The molecule has 1 aliphatic heterocycles. The van der Waals surface area contributed by atoms with Gasteiger partial charge >= 0.3 is 5.97 Å². The van der Waals surface area contributed by atoms with Gasteiger partial charge in [-0.25, -0.2) is 4.39 Å². The lowest BCUT2D eigenvalue weighted by Crippen LogP contribution is -2.62. The SMILES string of the molecule is CC(=O)OCC(=O)[C@@]1(O)C(C)C[C@H]2[C@@H]3CCC4=C(F)C(=O)C=C[C@]4(C)[C@]34OC4C[C@@]21C. The molecule has 2 unspecified atom stereocenters. The van der Waals surface area contributed by atoms with Crippen LogP contribution in [0.4, 0.5) is 4.39 Å². The van der Waals surface area contributed by atoms with E-state index in [2.05, 4.69) is 0 Å². The fourth-order valence-corrected chi connectivity index (χ4v) is 7.93. The summed E-state index contributed by atoms with van der Waals surface area (Å²) in [6.45, 7) is 6.58. The zero-order chi connectivity index (χ0) is 22.6. The van der Waals surface area contributed by atoms with E-state index in [1.165, 1.54) is 13.0 Å². The van der Waals surface area contributed by atoms with Gasteiger partial charge in [-0.3, -0.25) is 14.4 Å². The van der Waals surface area contributed by atoms with Crippen molar-refractivity contribution in [3.63, 3.8) is 0 Å². The second-order valence-corrected chi connectivity index (χ2v) is 10.6. The predicted molar refractivity (Wildman–Crippen MR) is 107 cm³/mol. The van der Waals surface area contributed by atoms with Gasteiger partial charge in [0.1, 0.15) is 11.2 Å². The zero-order valence-electron chi connectivity index (χ0n) is 18.4. The van der Waals surface area contributed by atoms with Crippen molar-refractivity contribution in [3.8, 4) is 0 Å². The van der Waals surface area contributed by atoms with E-state index in [4.69, 9.17) is 9.47 Å². The van der Waals surface area contributed by atoms with Gasteiger partial charge in [-0.2, -0.15) is 0 Å². The molecular formula is C24H29FO6. The van der Waals surface area contributed by atoms with Gasteiger partial charge in [-0.05, 0) is 62.0 Å². The second kappa shape index (κ2) is 6.13. The molecule has 0 aromatic carbocycles. The quantitative estimate of drug-likeness (QED) is 0.545. The van der Waals surface area contributed by atoms with Gasteiger partial charge in [0.15, 0.2) is 12.4 Å². The maximum Gasteiger partial charge on any atom is 0.303 e. The van der Waals surface area contributed by atoms with Crippen LogP contribution in [0.25, 0.3) is 0 Å². The highest BCUT2D eigenvalue weighted by molar-refractivity contribution is 6.04. The number of esters is 1. The molecule has 1 heterocycles. The van der Waals surface area contributed by atoms with Gasteiger partial charge in [-0.1, -0.05) is 19.9 Å². The Morgan fingerprint density at radius 1 is 1.32 bits per heavy atom. The molecule has 0 amide bonds. The minimum atomic E-state index is -1.62. The van der Waals surface area contributed by atoms with Crippen molar-refractivity contribution < 1.29 is 33.4 Å². The molecule has 1 spiro atoms. The Bertz CT molecular complexity index is 969. The Hall–Kier alpha value is -1.86. The van der Waals surface area contributed by atoms with Crippen molar-refractivity contribution in [3.05, 3.63) is 23.6 Å². The Kier molecular flexibility index (Phi) is 4.16. The summed E-state index contributed by atoms with van der Waals surface area (Å²) in [4.78, 5) is 36.3. The summed E-state index contributed by atoms with van der Waals surface area (Å²) >= 11 is 0. The van der Waals surface area contributed by atoms with Crippen LogP contribution in [0.1, 0.15) is 53.4 Å². The third kappa shape index (κ3) is 2.26. The molecule has 168 valence electrons. The number of ether oxygens (including phenoxy) is 2. The molecule has 3 saturated carbocycles. The van der Waals surface area contributed by atoms with E-state index < -0.39 is 52.0 Å². The third-order valence-corrected chi connectivity index (χ3v) is 9.44. The average molecular weight is 432 g/mol. The van der Waals surface area contributed by atoms with E-state index in [0.29, 0.717) is 31.3 Å². The number of hydrogen-bond donors (Lipinski definition) is 1. The summed E-state index contributed by atoms with van der Waals surface area (Å²) in [5.41, 5.74) is -3.14. The molecule has 8 atom stereocenters. The van der Waals surface area contributed by atoms with E-state index >= 15 is 0 Å². The largest absolute Gasteiger partial charge is 0.458 e. The van der Waals surface area contributed by atoms with Crippen LogP contribution < -0.4 is 0 Å². The smallest absolute Gasteiger partial charge is 0.303 e. The number of halogens is 1. The molecule has 0 bridgehead atoms. The van der Waals surface area contributed by atoms with E-state index in [0.717, 1.165) is 0 Å². The molecule has 6 nitrogen and oxygen atoms in total. The minimum Gasteiger partial charge on any atom is -0.458 e. The van der Waals surface area contributed by atoms with Crippen LogP contribution >= 0.6 is 0 Å². The number of ketones is 2. The molecule has 4 aliphatic carbocycles. The number of carbonyl (C=O) groups excluding carboxylic acids is 3. The molecule has 0 aromatic rings. The number of epoxide rings is 1. The third-order valence-electron chi connectivity index (χ3n) is 9.44. The van der Waals surface area contributed by atoms with Gasteiger partial charge in [-0.15, -0.1) is 0 Å². The summed E-state index contributed by atoms with van der Waals surface area (Å²) in [6.07, 6.45) is 5.11. The Morgan fingerprint density at radius 2 is 2.03 bits per heavy atom. The fourth-order valence-electron chi connectivity index (χ4n) is 7.93. The van der Waals surface area contributed by atoms with Crippen LogP contribution in [0.3, 0.4) is 0 Å². The molecule has 0 aromatic heterocycles. The summed E-state index contributed by atoms with van der Waals surface area (Å²) in [5, 5.41) is 11.8. The minimum absolute atomic E-state index is 0.00000709. The van der Waals surface area contributed by atoms with Gasteiger partial charge in [0.05, 0.1) is 6.10 Å². The molecule has 4 fully saturated rings. The van der Waals surface area contributed by atoms with Crippen LogP contribution in [0.5, 0.6) is 0 Å². The number of carbonyl (C=O) groups is 3. The lowest BCUT2D eigenvalue weighted by Gasteiger charge is -2.55. The lowest BCUT2D eigenvalue weighted by atomic mass is 9.46. The topological polar surface area (TPSA) is 93.2 Å². The van der Waals surface area contributed by atoms with Gasteiger partial charge in [0.2, 0.25) is 11.6 Å². The van der Waals surface area contributed by atoms with E-state index in [1.54, 1.807) is 6.08 Å². The highest BCUT2D eigenvalue weighted by Gasteiger charge is 2.82. The van der Waals surface area contributed by atoms with Crippen molar-refractivity contribution in [1.82, 2.24) is 0 Å². The molecule has 5 aliphatic rings. The normalized spacial score (nSPS) is 49.7. The lowest BCUT2D eigenvalue weighted by molar-refractivity contribution is -0.170. The first-order valence-corrected chi connectivity index (χ1v) is 11.1. The maximum absolute atomic E-state index is 14.8. The van der Waals surface area contributed by atoms with Gasteiger partial charge < -0.3 is 14.6 Å². The molecule has 5 rings (SSSR count). The fraction of sp³-hybridized carbons (Fsp3) is 0.708. The number of allylic oxidation sites excluding steroid dienone is 2. The summed E-state index contributed by atoms with van der Waals surface area (Å²) in [5.74, 6) is -2.53. The van der Waals surface area contributed by atoms with Crippen molar-refractivity contribution in [2.24, 2.45) is 28.6 Å². The number of hydrogen-bond acceptors (Lipinski definition) is 6. The summed E-state index contributed by atoms with van der Waals surface area (Å²) in [7, 11) is 0. The van der Waals surface area contributed by atoms with Crippen LogP contribution in [0.15, 0.2) is 23.6 Å². The van der Waals surface area contributed by atoms with Crippen LogP contribution in [0, 0.1) is 28.6 Å². The molecule has 1 saturated heterocycles. The summed E-state index contributed by atoms with van der Waals surface area (Å²) < 4.78 is 26.1. The van der Waals surface area contributed by atoms with E-state index in [9.17, 15) is 23.9 Å². The molecule has 1 N–H and O–H groups in total. The Balaban J connectivity index is 1.54. The number of aliphatic hydroxyl groups is 1. The molecule has 7 heteroatoms. The van der Waals surface area contributed by atoms with Crippen molar-refractivity contribution in [2.45, 2.75) is 70.7 Å². The van der Waals surface area contributed by atoms with Crippen molar-refractivity contribution >= 4 is 17.5 Å². The highest BCUT2D eigenvalue weighted by atomic mass is 19.1. The Labute approximate surface area is 180 Å². The first-order valence-electron chi connectivity index (χ1n) is 11.1. The van der Waals surface area contributed by atoms with Gasteiger partial charge in [0, 0.05) is 17.8 Å². The standard InChI is InChI=1S/C24H29FO6/c1-12-9-16-14-5-6-15-20(25)17(27)7-8-21(15,3)24(14)19(31-24)10-22(16,4)23(12,29)18(28)11-30-13(2)26/h7-8,12,14,16,19,29H,5-6,9-11H2,1-4H3/t12?,14-,16-,19?,21-,22-,23-,24-/m0/s1. The summed E-state index contributed by atoms with van der Waals surface area (Å²) in [6, 6.07) is 0. The molecule has 0 radical (unpaired) electrons. The van der Waals surface area contributed by atoms with Crippen molar-refractivity contribution in [2.75, 3.05) is 6.61 Å². The Morgan fingerprint density at radius 3 is 2.71 bits per heavy atom. The highest BCUT2D eigenvalue weighted by Crippen LogP contribution is 2.76. The number of rotatable bonds is 3. The van der Waals surface area contributed by atoms with E-state index in [1.807, 2.05) is 20.8 Å². The first kappa shape index (κ1) is 21.0. The average Bonchev–Trinajstić information content (AvgIpc) is 3.39. The first-order chi connectivity index (χ1) is 14.4. The molecular weight excluding hydrogens is 403 g/mol. The molecule has 31 heavy (non-hydrogen) atoms. The van der Waals surface area contributed by atoms with Gasteiger partial charge in [0.25, 0.3) is 0 Å². The van der Waals surface area contributed by atoms with Crippen LogP contribution in [0.2, 0.25) is 0 Å². The monoisotopic (exact) mass is 432 g/mol. The second-order valence-electron chi connectivity index (χ2n) is 10.6. The number of fused-ring (bicyclic) bond motifs is 3. The number of Topliss-reactive ketones (excluding diaryl/α,β-unsaturated/α-hetero) is 1. The zero-order valence-corrected chi connectivity index (χ0v) is 18.4. The van der Waals surface area contributed by atoms with E-state index in [-0.39, 0.29) is 23.9 Å². The maximum atomic E-state index is 14.8. The van der Waals surface area contributed by atoms with Crippen LogP contribution in [-0.4, -0.2) is 46.6 Å². The van der Waals surface area contributed by atoms with Crippen molar-refractivity contribution in [1.29, 1.82) is 0 Å².